The second-order valence-corrected chi connectivity index (χ2v) is 7.59. The van der Waals surface area contributed by atoms with Crippen LogP contribution in [0.2, 0.25) is 0 Å². The van der Waals surface area contributed by atoms with E-state index in [4.69, 9.17) is 0 Å². The molecule has 4 rings (SSSR count). The largest absolute Gasteiger partial charge is 0.369 e. The molecule has 0 radical (unpaired) electrons. The second-order valence-electron chi connectivity index (χ2n) is 7.59. The van der Waals surface area contributed by atoms with Crippen LogP contribution < -0.4 is 5.32 Å². The molecular formula is C18H23N7. The molecule has 25 heavy (non-hydrogen) atoms. The highest BCUT2D eigenvalue weighted by Gasteiger charge is 2.26. The Hall–Kier alpha value is -2.57. The molecule has 1 N–H and O–H groups in total. The van der Waals surface area contributed by atoms with E-state index >= 15 is 0 Å². The van der Waals surface area contributed by atoms with Gasteiger partial charge < -0.3 is 5.32 Å². The van der Waals surface area contributed by atoms with Gasteiger partial charge in [-0.2, -0.15) is 5.10 Å². The van der Waals surface area contributed by atoms with E-state index in [9.17, 15) is 0 Å². The number of hydrogen-bond donors (Lipinski definition) is 1. The first kappa shape index (κ1) is 15.9. The normalized spacial score (nSPS) is 14.8. The fourth-order valence-corrected chi connectivity index (χ4v) is 2.85. The molecule has 1 saturated carbocycles. The monoisotopic (exact) mass is 337 g/mol. The molecule has 0 unspecified atom stereocenters. The third-order valence-corrected chi connectivity index (χ3v) is 4.38. The fourth-order valence-electron chi connectivity index (χ4n) is 2.85. The molecule has 0 saturated heterocycles. The lowest BCUT2D eigenvalue weighted by Crippen LogP contribution is -2.23. The van der Waals surface area contributed by atoms with Crippen molar-refractivity contribution in [3.8, 4) is 0 Å². The molecule has 1 aliphatic carbocycles. The Labute approximate surface area is 146 Å². The van der Waals surface area contributed by atoms with Crippen molar-refractivity contribution in [1.29, 1.82) is 0 Å². The molecule has 0 spiro atoms. The van der Waals surface area contributed by atoms with E-state index in [1.807, 2.05) is 23.3 Å². The topological polar surface area (TPSA) is 81.4 Å². The van der Waals surface area contributed by atoms with Crippen LogP contribution in [0.3, 0.4) is 0 Å². The Kier molecular flexibility index (Phi) is 3.86. The van der Waals surface area contributed by atoms with E-state index in [1.165, 1.54) is 12.8 Å². The van der Waals surface area contributed by atoms with Gasteiger partial charge in [0.1, 0.15) is 18.0 Å². The third kappa shape index (κ3) is 3.31. The maximum Gasteiger partial charge on any atom is 0.163 e. The van der Waals surface area contributed by atoms with Gasteiger partial charge in [0.25, 0.3) is 0 Å². The minimum absolute atomic E-state index is 0.117. The van der Waals surface area contributed by atoms with Crippen molar-refractivity contribution >= 4 is 16.9 Å². The molecule has 0 aliphatic heterocycles. The highest BCUT2D eigenvalue weighted by Crippen LogP contribution is 2.37. The third-order valence-electron chi connectivity index (χ3n) is 4.38. The van der Waals surface area contributed by atoms with Crippen molar-refractivity contribution < 1.29 is 0 Å². The average molecular weight is 337 g/mol. The maximum atomic E-state index is 4.48. The summed E-state index contributed by atoms with van der Waals surface area (Å²) in [7, 11) is 0. The lowest BCUT2D eigenvalue weighted by atomic mass is 10.1. The van der Waals surface area contributed by atoms with Gasteiger partial charge in [0.2, 0.25) is 0 Å². The van der Waals surface area contributed by atoms with Gasteiger partial charge in [-0.1, -0.05) is 0 Å². The Morgan fingerprint density at radius 2 is 1.84 bits per heavy atom. The van der Waals surface area contributed by atoms with Gasteiger partial charge in [0.15, 0.2) is 5.65 Å². The van der Waals surface area contributed by atoms with Crippen LogP contribution in [-0.4, -0.2) is 36.3 Å². The zero-order valence-electron chi connectivity index (χ0n) is 14.9. The van der Waals surface area contributed by atoms with Crippen LogP contribution in [-0.2, 0) is 12.0 Å². The van der Waals surface area contributed by atoms with E-state index in [2.05, 4.69) is 51.1 Å². The minimum atomic E-state index is -0.117. The number of nitrogens with zero attached hydrogens (tertiary/aromatic N) is 6. The summed E-state index contributed by atoms with van der Waals surface area (Å²) in [6.07, 6.45) is 10.6. The zero-order chi connectivity index (χ0) is 17.4. The first-order valence-electron chi connectivity index (χ1n) is 8.76. The highest BCUT2D eigenvalue weighted by molar-refractivity contribution is 5.86. The van der Waals surface area contributed by atoms with Crippen molar-refractivity contribution in [2.24, 2.45) is 0 Å². The van der Waals surface area contributed by atoms with E-state index in [1.54, 1.807) is 6.33 Å². The number of anilines is 1. The molecule has 0 amide bonds. The van der Waals surface area contributed by atoms with Gasteiger partial charge in [-0.05, 0) is 45.6 Å². The summed E-state index contributed by atoms with van der Waals surface area (Å²) < 4.78 is 1.93. The van der Waals surface area contributed by atoms with Gasteiger partial charge >= 0.3 is 0 Å². The molecule has 3 aromatic heterocycles. The average Bonchev–Trinajstić information content (AvgIpc) is 3.33. The molecule has 1 fully saturated rings. The first-order valence-corrected chi connectivity index (χ1v) is 8.76. The number of fused-ring (bicyclic) bond motifs is 1. The fraction of sp³-hybridized carbons (Fsp3) is 0.500. The van der Waals surface area contributed by atoms with Gasteiger partial charge in [-0.25, -0.2) is 24.6 Å². The van der Waals surface area contributed by atoms with Crippen LogP contribution >= 0.6 is 0 Å². The van der Waals surface area contributed by atoms with Crippen LogP contribution in [0.15, 0.2) is 24.9 Å². The van der Waals surface area contributed by atoms with Crippen LogP contribution in [0.5, 0.6) is 0 Å². The molecule has 3 aromatic rings. The van der Waals surface area contributed by atoms with Gasteiger partial charge in [-0.3, -0.25) is 0 Å². The molecule has 1 aliphatic rings. The summed E-state index contributed by atoms with van der Waals surface area (Å²) in [4.78, 5) is 17.7. The van der Waals surface area contributed by atoms with Gasteiger partial charge in [-0.15, -0.1) is 0 Å². The quantitative estimate of drug-likeness (QED) is 0.771. The number of nitrogens with one attached hydrogen (secondary N) is 1. The second kappa shape index (κ2) is 6.06. The van der Waals surface area contributed by atoms with Crippen LogP contribution in [0.4, 0.5) is 5.82 Å². The van der Waals surface area contributed by atoms with Crippen molar-refractivity contribution in [3.63, 3.8) is 0 Å². The summed E-state index contributed by atoms with van der Waals surface area (Å²) in [6, 6.07) is 0. The zero-order valence-corrected chi connectivity index (χ0v) is 14.9. The minimum Gasteiger partial charge on any atom is -0.369 e. The molecule has 7 nitrogen and oxygen atoms in total. The van der Waals surface area contributed by atoms with Crippen LogP contribution in [0, 0.1) is 0 Å². The maximum absolute atomic E-state index is 4.48. The number of rotatable bonds is 5. The van der Waals surface area contributed by atoms with Crippen LogP contribution in [0.25, 0.3) is 11.0 Å². The van der Waals surface area contributed by atoms with Crippen molar-refractivity contribution in [2.45, 2.75) is 51.5 Å². The first-order chi connectivity index (χ1) is 12.0. The molecule has 0 bridgehead atoms. The van der Waals surface area contributed by atoms with E-state index in [0.717, 1.165) is 41.2 Å². The molecule has 0 aromatic carbocycles. The standard InChI is InChI=1S/C18H23N7/c1-18(2,3)25-17-14(10-24-25)16(22-11-23-17)19-7-6-12-8-20-15(21-9-12)13-4-5-13/h8-11,13H,4-7H2,1-3H3,(H,19,22,23). The summed E-state index contributed by atoms with van der Waals surface area (Å²) in [5.74, 6) is 2.40. The Balaban J connectivity index is 1.45. The lowest BCUT2D eigenvalue weighted by Gasteiger charge is -2.19. The molecule has 7 heteroatoms. The summed E-state index contributed by atoms with van der Waals surface area (Å²) in [5.41, 5.74) is 1.86. The van der Waals surface area contributed by atoms with E-state index in [-0.39, 0.29) is 5.54 Å². The Bertz CT molecular complexity index is 873. The van der Waals surface area contributed by atoms with Crippen molar-refractivity contribution in [3.05, 3.63) is 36.3 Å². The number of hydrogen-bond acceptors (Lipinski definition) is 6. The van der Waals surface area contributed by atoms with E-state index < -0.39 is 0 Å². The smallest absolute Gasteiger partial charge is 0.163 e. The number of aromatic nitrogens is 6. The molecular weight excluding hydrogens is 314 g/mol. The van der Waals surface area contributed by atoms with E-state index in [0.29, 0.717) is 5.92 Å². The summed E-state index contributed by atoms with van der Waals surface area (Å²) >= 11 is 0. The van der Waals surface area contributed by atoms with Gasteiger partial charge in [0.05, 0.1) is 17.1 Å². The van der Waals surface area contributed by atoms with Crippen molar-refractivity contribution in [1.82, 2.24) is 29.7 Å². The Morgan fingerprint density at radius 3 is 2.52 bits per heavy atom. The predicted molar refractivity (Wildman–Crippen MR) is 96.5 cm³/mol. The van der Waals surface area contributed by atoms with Gasteiger partial charge in [0, 0.05) is 24.9 Å². The summed E-state index contributed by atoms with van der Waals surface area (Å²) in [6.45, 7) is 7.10. The Morgan fingerprint density at radius 1 is 1.08 bits per heavy atom. The summed E-state index contributed by atoms with van der Waals surface area (Å²) in [5, 5.41) is 8.81. The molecule has 0 atom stereocenters. The molecule has 130 valence electrons. The molecule has 3 heterocycles. The van der Waals surface area contributed by atoms with Crippen LogP contribution in [0.1, 0.15) is 50.9 Å². The van der Waals surface area contributed by atoms with Crippen molar-refractivity contribution in [2.75, 3.05) is 11.9 Å². The lowest BCUT2D eigenvalue weighted by molar-refractivity contribution is 0.366. The predicted octanol–water partition coefficient (Wildman–Crippen LogP) is 2.90. The highest BCUT2D eigenvalue weighted by atomic mass is 15.3. The SMILES string of the molecule is CC(C)(C)n1ncc2c(NCCc3cnc(C4CC4)nc3)ncnc21.